The van der Waals surface area contributed by atoms with E-state index < -0.39 is 16.1 Å². The van der Waals surface area contributed by atoms with Gasteiger partial charge in [0.15, 0.2) is 0 Å². The summed E-state index contributed by atoms with van der Waals surface area (Å²) in [5.74, 6) is 0.391. The van der Waals surface area contributed by atoms with Gasteiger partial charge >= 0.3 is 6.09 Å². The third-order valence-corrected chi connectivity index (χ3v) is 6.88. The Hall–Kier alpha value is -3.51. The van der Waals surface area contributed by atoms with E-state index in [9.17, 15) is 13.2 Å². The highest BCUT2D eigenvalue weighted by atomic mass is 32.2. The molecular weight excluding hydrogens is 418 g/mol. The maximum atomic E-state index is 13.3. The van der Waals surface area contributed by atoms with Crippen molar-refractivity contribution < 1.29 is 22.7 Å². The lowest BCUT2D eigenvalue weighted by Gasteiger charge is -2.31. The standard InChI is InChI=1S/C22H21N3O5S/c23-15-16-5-4-8-19(13-16)31(27,28)25-11-12-29-21-10-9-17(14-20(21)25)24-22(26)30-18-6-2-1-3-7-18/h1-2,4-5,8-10,13-14,18H,3,6-7,11-12H2,(H,24,26)/t18-/m1/s1. The Bertz CT molecular complexity index is 1170. The predicted octanol–water partition coefficient (Wildman–Crippen LogP) is 3.80. The Labute approximate surface area is 180 Å². The average Bonchev–Trinajstić information content (AvgIpc) is 2.79. The van der Waals surface area contributed by atoms with Gasteiger partial charge < -0.3 is 9.47 Å². The number of ether oxygens (including phenoxy) is 2. The van der Waals surface area contributed by atoms with E-state index in [1.165, 1.54) is 22.5 Å². The molecule has 0 radical (unpaired) electrons. The first-order valence-electron chi connectivity index (χ1n) is 9.90. The van der Waals surface area contributed by atoms with Crippen LogP contribution in [-0.2, 0) is 14.8 Å². The molecule has 0 unspecified atom stereocenters. The van der Waals surface area contributed by atoms with E-state index in [0.717, 1.165) is 12.8 Å². The molecule has 0 saturated carbocycles. The lowest BCUT2D eigenvalue weighted by atomic mass is 10.1. The summed E-state index contributed by atoms with van der Waals surface area (Å²) >= 11 is 0. The minimum atomic E-state index is -3.93. The first kappa shape index (κ1) is 20.8. The molecule has 8 nitrogen and oxygen atoms in total. The van der Waals surface area contributed by atoms with E-state index in [1.807, 2.05) is 12.1 Å². The molecular formula is C22H21N3O5S. The van der Waals surface area contributed by atoms with Crippen LogP contribution in [-0.4, -0.2) is 33.8 Å². The number of hydrogen-bond acceptors (Lipinski definition) is 6. The fraction of sp³-hybridized carbons (Fsp3) is 0.273. The van der Waals surface area contributed by atoms with Gasteiger partial charge in [-0.2, -0.15) is 5.26 Å². The Morgan fingerprint density at radius 1 is 1.23 bits per heavy atom. The average molecular weight is 439 g/mol. The van der Waals surface area contributed by atoms with E-state index in [4.69, 9.17) is 14.7 Å². The number of carbonyl (C=O) groups is 1. The van der Waals surface area contributed by atoms with Gasteiger partial charge in [0.1, 0.15) is 18.5 Å². The van der Waals surface area contributed by atoms with Gasteiger partial charge in [-0.15, -0.1) is 0 Å². The van der Waals surface area contributed by atoms with Crippen molar-refractivity contribution in [3.63, 3.8) is 0 Å². The van der Waals surface area contributed by atoms with Gasteiger partial charge in [-0.05, 0) is 49.2 Å². The molecule has 9 heteroatoms. The Morgan fingerprint density at radius 2 is 2.10 bits per heavy atom. The number of carbonyl (C=O) groups excluding carboxylic acids is 1. The maximum absolute atomic E-state index is 13.3. The fourth-order valence-corrected chi connectivity index (χ4v) is 5.04. The van der Waals surface area contributed by atoms with Gasteiger partial charge in [-0.25, -0.2) is 13.2 Å². The highest BCUT2D eigenvalue weighted by molar-refractivity contribution is 7.92. The Balaban J connectivity index is 1.58. The molecule has 160 valence electrons. The minimum absolute atomic E-state index is 0.0162. The van der Waals surface area contributed by atoms with E-state index in [0.29, 0.717) is 23.5 Å². The second-order valence-electron chi connectivity index (χ2n) is 7.18. The van der Waals surface area contributed by atoms with E-state index in [-0.39, 0.29) is 29.7 Å². The van der Waals surface area contributed by atoms with Gasteiger partial charge in [0.05, 0.1) is 28.8 Å². The lowest BCUT2D eigenvalue weighted by Crippen LogP contribution is -2.38. The maximum Gasteiger partial charge on any atom is 0.411 e. The van der Waals surface area contributed by atoms with Crippen LogP contribution < -0.4 is 14.4 Å². The first-order valence-corrected chi connectivity index (χ1v) is 11.3. The lowest BCUT2D eigenvalue weighted by molar-refractivity contribution is 0.105. The Morgan fingerprint density at radius 3 is 2.87 bits per heavy atom. The molecule has 2 aromatic rings. The van der Waals surface area contributed by atoms with Crippen molar-refractivity contribution in [1.82, 2.24) is 0 Å². The largest absolute Gasteiger partial charge is 0.489 e. The number of sulfonamides is 1. The van der Waals surface area contributed by atoms with Gasteiger partial charge in [0.2, 0.25) is 0 Å². The zero-order valence-corrected chi connectivity index (χ0v) is 17.5. The van der Waals surface area contributed by atoms with E-state index in [2.05, 4.69) is 11.4 Å². The van der Waals surface area contributed by atoms with Crippen molar-refractivity contribution >= 4 is 27.5 Å². The fourth-order valence-electron chi connectivity index (χ4n) is 3.55. The molecule has 1 N–H and O–H groups in total. The van der Waals surface area contributed by atoms with Crippen LogP contribution in [0.3, 0.4) is 0 Å². The molecule has 1 amide bonds. The van der Waals surface area contributed by atoms with Crippen molar-refractivity contribution in [1.29, 1.82) is 5.26 Å². The molecule has 0 aromatic heterocycles. The summed E-state index contributed by atoms with van der Waals surface area (Å²) in [6.45, 7) is 0.294. The number of amides is 1. The molecule has 1 atom stereocenters. The third-order valence-electron chi connectivity index (χ3n) is 5.07. The summed E-state index contributed by atoms with van der Waals surface area (Å²) < 4.78 is 38.8. The predicted molar refractivity (Wildman–Crippen MR) is 115 cm³/mol. The van der Waals surface area contributed by atoms with Crippen LogP contribution in [0.2, 0.25) is 0 Å². The number of nitrogens with zero attached hydrogens (tertiary/aromatic N) is 2. The van der Waals surface area contributed by atoms with E-state index in [1.54, 1.807) is 24.3 Å². The molecule has 31 heavy (non-hydrogen) atoms. The highest BCUT2D eigenvalue weighted by Gasteiger charge is 2.31. The second kappa shape index (κ2) is 8.70. The summed E-state index contributed by atoms with van der Waals surface area (Å²) in [5, 5.41) is 11.8. The summed E-state index contributed by atoms with van der Waals surface area (Å²) in [6, 6.07) is 12.6. The zero-order chi connectivity index (χ0) is 21.8. The SMILES string of the molecule is N#Cc1cccc(S(=O)(=O)N2CCOc3ccc(NC(=O)O[C@@H]4CC=CCC4)cc32)c1. The molecule has 2 aromatic carbocycles. The zero-order valence-electron chi connectivity index (χ0n) is 16.7. The molecule has 0 spiro atoms. The molecule has 4 rings (SSSR count). The highest BCUT2D eigenvalue weighted by Crippen LogP contribution is 2.37. The molecule has 0 fully saturated rings. The molecule has 1 heterocycles. The van der Waals surface area contributed by atoms with Gasteiger partial charge in [0, 0.05) is 12.1 Å². The van der Waals surface area contributed by atoms with Crippen molar-refractivity contribution in [2.45, 2.75) is 30.3 Å². The molecule has 2 aliphatic rings. The van der Waals surface area contributed by atoms with Crippen molar-refractivity contribution in [2.24, 2.45) is 0 Å². The van der Waals surface area contributed by atoms with Crippen LogP contribution in [0.25, 0.3) is 0 Å². The first-order chi connectivity index (χ1) is 15.0. The molecule has 1 aliphatic heterocycles. The van der Waals surface area contributed by atoms with Gasteiger partial charge in [-0.3, -0.25) is 9.62 Å². The van der Waals surface area contributed by atoms with Crippen LogP contribution in [0.4, 0.5) is 16.2 Å². The van der Waals surface area contributed by atoms with Crippen LogP contribution in [0, 0.1) is 11.3 Å². The number of anilines is 2. The van der Waals surface area contributed by atoms with E-state index >= 15 is 0 Å². The smallest absolute Gasteiger partial charge is 0.411 e. The van der Waals surface area contributed by atoms with Crippen LogP contribution in [0.15, 0.2) is 59.5 Å². The van der Waals surface area contributed by atoms with Crippen LogP contribution in [0.5, 0.6) is 5.75 Å². The summed E-state index contributed by atoms with van der Waals surface area (Å²) in [6.07, 6.45) is 5.61. The van der Waals surface area contributed by atoms with Gasteiger partial charge in [0.25, 0.3) is 10.0 Å². The molecule has 0 saturated heterocycles. The van der Waals surface area contributed by atoms with Crippen molar-refractivity contribution in [3.8, 4) is 11.8 Å². The summed E-state index contributed by atoms with van der Waals surface area (Å²) in [5.41, 5.74) is 0.962. The molecule has 0 bridgehead atoms. The minimum Gasteiger partial charge on any atom is -0.489 e. The number of rotatable bonds is 4. The van der Waals surface area contributed by atoms with Gasteiger partial charge in [-0.1, -0.05) is 18.2 Å². The quantitative estimate of drug-likeness (QED) is 0.726. The van der Waals surface area contributed by atoms with Crippen molar-refractivity contribution in [3.05, 3.63) is 60.2 Å². The second-order valence-corrected chi connectivity index (χ2v) is 9.05. The number of fused-ring (bicyclic) bond motifs is 1. The number of hydrogen-bond donors (Lipinski definition) is 1. The third kappa shape index (κ3) is 4.49. The number of nitrogens with one attached hydrogen (secondary N) is 1. The van der Waals surface area contributed by atoms with Crippen molar-refractivity contribution in [2.75, 3.05) is 22.8 Å². The summed E-state index contributed by atoms with van der Waals surface area (Å²) in [4.78, 5) is 12.3. The summed E-state index contributed by atoms with van der Waals surface area (Å²) in [7, 11) is -3.93. The number of benzene rings is 2. The Kier molecular flexibility index (Phi) is 5.82. The van der Waals surface area contributed by atoms with Crippen LogP contribution >= 0.6 is 0 Å². The normalized spacial score (nSPS) is 17.8. The number of allylic oxidation sites excluding steroid dienone is 1. The molecule has 1 aliphatic carbocycles. The van der Waals surface area contributed by atoms with Crippen LogP contribution in [0.1, 0.15) is 24.8 Å². The topological polar surface area (TPSA) is 109 Å². The monoisotopic (exact) mass is 439 g/mol. The number of nitriles is 1.